The zero-order valence-electron chi connectivity index (χ0n) is 4.29. The van der Waals surface area contributed by atoms with Gasteiger partial charge in [0.05, 0.1) is 13.2 Å². The van der Waals surface area contributed by atoms with E-state index in [1.165, 1.54) is 6.82 Å². The van der Waals surface area contributed by atoms with E-state index in [9.17, 15) is 0 Å². The van der Waals surface area contributed by atoms with E-state index in [0.717, 1.165) is 0 Å². The highest BCUT2D eigenvalue weighted by atomic mass is 16.5. The van der Waals surface area contributed by atoms with Gasteiger partial charge in [0.25, 0.3) is 0 Å². The molecule has 0 rings (SSSR count). The monoisotopic (exact) mass is 104 g/mol. The molecule has 0 aliphatic carbocycles. The van der Waals surface area contributed by atoms with Crippen LogP contribution in [0, 0.1) is 0 Å². The Morgan fingerprint density at radius 1 is 1.71 bits per heavy atom. The smallest absolute Gasteiger partial charge is 0.427 e. The van der Waals surface area contributed by atoms with E-state index in [1.54, 1.807) is 0 Å². The van der Waals surface area contributed by atoms with Crippen LogP contribution in [0.1, 0.15) is 0 Å². The fourth-order valence-electron chi connectivity index (χ4n) is 0.223. The molecule has 7 heavy (non-hydrogen) atoms. The lowest BCUT2D eigenvalue weighted by molar-refractivity contribution is 0.181. The Morgan fingerprint density at radius 2 is 2.29 bits per heavy atom. The molecule has 0 aromatic heterocycles. The number of rotatable bonds is 3. The van der Waals surface area contributed by atoms with E-state index >= 15 is 0 Å². The lowest BCUT2D eigenvalue weighted by Gasteiger charge is -1.97. The van der Waals surface area contributed by atoms with Gasteiger partial charge in [-0.3, -0.25) is 0 Å². The summed E-state index contributed by atoms with van der Waals surface area (Å²) in [7, 11) is -0.757. The molecule has 0 unspecified atom stereocenters. The fraction of sp³-hybridized carbons (Fsp3) is 1.00. The molecule has 0 aliphatic rings. The van der Waals surface area contributed by atoms with E-state index in [0.29, 0.717) is 0 Å². The number of aliphatic hydroxyl groups is 1. The van der Waals surface area contributed by atoms with Crippen molar-refractivity contribution in [1.82, 2.24) is 0 Å². The van der Waals surface area contributed by atoms with Crippen molar-refractivity contribution in [2.75, 3.05) is 13.2 Å². The van der Waals surface area contributed by atoms with E-state index in [4.69, 9.17) is 10.1 Å². The molecule has 0 bridgehead atoms. The predicted octanol–water partition coefficient (Wildman–Crippen LogP) is -0.894. The molecule has 0 aromatic carbocycles. The Bertz CT molecular complexity index is 39.2. The molecule has 0 aromatic rings. The first-order valence-corrected chi connectivity index (χ1v) is 2.18. The summed E-state index contributed by atoms with van der Waals surface area (Å²) in [5, 5.41) is 16.4. The molecule has 0 radical (unpaired) electrons. The molecule has 3 nitrogen and oxygen atoms in total. The van der Waals surface area contributed by atoms with Gasteiger partial charge in [-0.1, -0.05) is 0 Å². The van der Waals surface area contributed by atoms with Crippen LogP contribution in [-0.4, -0.2) is 30.5 Å². The first kappa shape index (κ1) is 6.94. The normalized spacial score (nSPS) is 9.00. The average molecular weight is 104 g/mol. The minimum absolute atomic E-state index is 0.0368. The maximum Gasteiger partial charge on any atom is 0.450 e. The maximum absolute atomic E-state index is 8.35. The number of aliphatic hydroxyl groups excluding tert-OH is 1. The van der Waals surface area contributed by atoms with Crippen LogP contribution in [0.5, 0.6) is 0 Å². The molecule has 0 heterocycles. The molecule has 0 saturated heterocycles. The standard InChI is InChI=1S/C3H9BO3/c1-4(6)7-3-2-5/h5-6H,2-3H2,1H3. The van der Waals surface area contributed by atoms with Gasteiger partial charge in [-0.25, -0.2) is 0 Å². The van der Waals surface area contributed by atoms with Gasteiger partial charge >= 0.3 is 7.12 Å². The van der Waals surface area contributed by atoms with Gasteiger partial charge in [0.15, 0.2) is 0 Å². The molecule has 0 spiro atoms. The Balaban J connectivity index is 2.68. The summed E-state index contributed by atoms with van der Waals surface area (Å²) >= 11 is 0. The van der Waals surface area contributed by atoms with Crippen molar-refractivity contribution in [3.8, 4) is 0 Å². The molecule has 42 valence electrons. The van der Waals surface area contributed by atoms with Crippen molar-refractivity contribution in [1.29, 1.82) is 0 Å². The van der Waals surface area contributed by atoms with E-state index in [1.807, 2.05) is 0 Å². The zero-order chi connectivity index (χ0) is 5.70. The van der Waals surface area contributed by atoms with Gasteiger partial charge in [0.1, 0.15) is 0 Å². The SMILES string of the molecule is CB(O)OCCO. The topological polar surface area (TPSA) is 49.7 Å². The van der Waals surface area contributed by atoms with Crippen LogP contribution < -0.4 is 0 Å². The van der Waals surface area contributed by atoms with E-state index in [2.05, 4.69) is 4.65 Å². The molecule has 0 atom stereocenters. The van der Waals surface area contributed by atoms with E-state index in [-0.39, 0.29) is 13.2 Å². The Kier molecular flexibility index (Phi) is 4.08. The van der Waals surface area contributed by atoms with Crippen molar-refractivity contribution in [3.05, 3.63) is 0 Å². The third kappa shape index (κ3) is 5.94. The van der Waals surface area contributed by atoms with Crippen LogP contribution in [0.25, 0.3) is 0 Å². The van der Waals surface area contributed by atoms with Crippen LogP contribution in [0.15, 0.2) is 0 Å². The lowest BCUT2D eigenvalue weighted by atomic mass is 9.97. The lowest BCUT2D eigenvalue weighted by Crippen LogP contribution is -2.14. The van der Waals surface area contributed by atoms with Crippen LogP contribution in [0.3, 0.4) is 0 Å². The van der Waals surface area contributed by atoms with Crippen molar-refractivity contribution >= 4 is 7.12 Å². The minimum atomic E-state index is -0.757. The number of hydrogen-bond acceptors (Lipinski definition) is 3. The van der Waals surface area contributed by atoms with Gasteiger partial charge in [0.2, 0.25) is 0 Å². The zero-order valence-corrected chi connectivity index (χ0v) is 4.29. The molecule has 0 aliphatic heterocycles. The molecule has 0 fully saturated rings. The van der Waals surface area contributed by atoms with Crippen molar-refractivity contribution in [2.24, 2.45) is 0 Å². The van der Waals surface area contributed by atoms with Gasteiger partial charge in [-0.15, -0.1) is 0 Å². The summed E-state index contributed by atoms with van der Waals surface area (Å²) in [6.45, 7) is 1.66. The first-order valence-electron chi connectivity index (χ1n) is 2.18. The van der Waals surface area contributed by atoms with Crippen LogP contribution >= 0.6 is 0 Å². The quantitative estimate of drug-likeness (QED) is 0.456. The van der Waals surface area contributed by atoms with Crippen molar-refractivity contribution in [3.63, 3.8) is 0 Å². The van der Waals surface area contributed by atoms with E-state index < -0.39 is 7.12 Å². The fourth-order valence-corrected chi connectivity index (χ4v) is 0.223. The molecular weight excluding hydrogens is 94.8 g/mol. The second-order valence-electron chi connectivity index (χ2n) is 1.19. The summed E-state index contributed by atoms with van der Waals surface area (Å²) in [5.41, 5.74) is 0. The van der Waals surface area contributed by atoms with Crippen LogP contribution in [-0.2, 0) is 4.65 Å². The van der Waals surface area contributed by atoms with Gasteiger partial charge in [-0.2, -0.15) is 0 Å². The summed E-state index contributed by atoms with van der Waals surface area (Å²) in [5.74, 6) is 0. The average Bonchev–Trinajstić information content (AvgIpc) is 1.61. The van der Waals surface area contributed by atoms with Gasteiger partial charge < -0.3 is 14.8 Å². The molecule has 4 heteroatoms. The van der Waals surface area contributed by atoms with Crippen molar-refractivity contribution in [2.45, 2.75) is 6.82 Å². The van der Waals surface area contributed by atoms with Gasteiger partial charge in [0, 0.05) is 0 Å². The Morgan fingerprint density at radius 3 is 2.43 bits per heavy atom. The summed E-state index contributed by atoms with van der Waals surface area (Å²) in [4.78, 5) is 0. The Labute approximate surface area is 43.1 Å². The third-order valence-electron chi connectivity index (χ3n) is 0.450. The minimum Gasteiger partial charge on any atom is -0.427 e. The summed E-state index contributed by atoms with van der Waals surface area (Å²) in [6, 6.07) is 0. The summed E-state index contributed by atoms with van der Waals surface area (Å²) in [6.07, 6.45) is 0. The molecule has 0 amide bonds. The third-order valence-corrected chi connectivity index (χ3v) is 0.450. The highest BCUT2D eigenvalue weighted by Gasteiger charge is 1.99. The second kappa shape index (κ2) is 4.11. The summed E-state index contributed by atoms with van der Waals surface area (Å²) < 4.78 is 4.50. The first-order chi connectivity index (χ1) is 3.27. The van der Waals surface area contributed by atoms with Crippen LogP contribution in [0.2, 0.25) is 6.82 Å². The molecule has 2 N–H and O–H groups in total. The van der Waals surface area contributed by atoms with Crippen molar-refractivity contribution < 1.29 is 14.8 Å². The van der Waals surface area contributed by atoms with Gasteiger partial charge in [-0.05, 0) is 6.82 Å². The largest absolute Gasteiger partial charge is 0.450 e. The molecular formula is C3H9BO3. The second-order valence-corrected chi connectivity index (χ2v) is 1.19. The highest BCUT2D eigenvalue weighted by molar-refractivity contribution is 6.40. The Hall–Kier alpha value is -0.0551. The predicted molar refractivity (Wildman–Crippen MR) is 26.9 cm³/mol. The molecule has 0 saturated carbocycles. The highest BCUT2D eigenvalue weighted by Crippen LogP contribution is 1.75. The maximum atomic E-state index is 8.35. The van der Waals surface area contributed by atoms with Crippen LogP contribution in [0.4, 0.5) is 0 Å². The number of hydrogen-bond donors (Lipinski definition) is 2.